The van der Waals surface area contributed by atoms with Crippen LogP contribution >= 0.6 is 0 Å². The Morgan fingerprint density at radius 2 is 1.61 bits per heavy atom. The average molecular weight is 388 g/mol. The summed E-state index contributed by atoms with van der Waals surface area (Å²) in [4.78, 5) is 4.97. The fraction of sp³-hybridized carbons (Fsp3) is 0.130. The van der Waals surface area contributed by atoms with Gasteiger partial charge in [-0.25, -0.2) is 4.99 Å². The van der Waals surface area contributed by atoms with E-state index in [9.17, 15) is 8.42 Å². The summed E-state index contributed by atoms with van der Waals surface area (Å²) in [5, 5.41) is 0. The van der Waals surface area contributed by atoms with E-state index in [1.54, 1.807) is 24.3 Å². The highest BCUT2D eigenvalue weighted by Crippen LogP contribution is 2.34. The van der Waals surface area contributed by atoms with Crippen molar-refractivity contribution >= 4 is 27.1 Å². The van der Waals surface area contributed by atoms with E-state index in [-0.39, 0.29) is 4.90 Å². The maximum atomic E-state index is 13.0. The van der Waals surface area contributed by atoms with Crippen molar-refractivity contribution in [1.82, 2.24) is 0 Å². The molecule has 140 valence electrons. The standard InChI is InChI=1S/C23H20N2O2S/c1-3-17-10-7-11-20-21(17)24-22(18-8-5-4-6-9-18)23(20)25-28(26,27)19-14-12-16(2)13-15-19/h4-15H,3H2,1-2H3/b25-23+. The molecule has 3 aromatic rings. The van der Waals surface area contributed by atoms with E-state index in [4.69, 9.17) is 4.99 Å². The quantitative estimate of drug-likeness (QED) is 0.640. The van der Waals surface area contributed by atoms with E-state index < -0.39 is 10.0 Å². The zero-order chi connectivity index (χ0) is 19.7. The number of aliphatic imine (C=N–C) groups is 1. The topological polar surface area (TPSA) is 58.9 Å². The summed E-state index contributed by atoms with van der Waals surface area (Å²) in [5.41, 5.74) is 5.47. The number of sulfonamides is 1. The highest BCUT2D eigenvalue weighted by atomic mass is 32.2. The number of nitrogens with zero attached hydrogens (tertiary/aromatic N) is 2. The highest BCUT2D eigenvalue weighted by molar-refractivity contribution is 7.90. The van der Waals surface area contributed by atoms with Gasteiger partial charge in [0.05, 0.1) is 16.3 Å². The largest absolute Gasteiger partial charge is 0.282 e. The van der Waals surface area contributed by atoms with Gasteiger partial charge in [0.1, 0.15) is 5.71 Å². The minimum absolute atomic E-state index is 0.179. The van der Waals surface area contributed by atoms with Crippen LogP contribution in [0.3, 0.4) is 0 Å². The minimum Gasteiger partial charge on any atom is -0.245 e. The first-order valence-corrected chi connectivity index (χ1v) is 10.6. The maximum absolute atomic E-state index is 13.0. The molecule has 1 heterocycles. The molecule has 0 bridgehead atoms. The third-order valence-electron chi connectivity index (χ3n) is 4.78. The SMILES string of the molecule is CCc1cccc2c1N=C(c1ccccc1)/C2=N/S(=O)(=O)c1ccc(C)cc1. The van der Waals surface area contributed by atoms with Crippen LogP contribution in [0.1, 0.15) is 29.2 Å². The van der Waals surface area contributed by atoms with E-state index in [0.717, 1.165) is 34.4 Å². The average Bonchev–Trinajstić information content (AvgIpc) is 3.07. The number of para-hydroxylation sites is 1. The summed E-state index contributed by atoms with van der Waals surface area (Å²) in [6.07, 6.45) is 0.812. The van der Waals surface area contributed by atoms with Gasteiger partial charge < -0.3 is 0 Å². The van der Waals surface area contributed by atoms with Gasteiger partial charge in [-0.05, 0) is 31.0 Å². The zero-order valence-electron chi connectivity index (χ0n) is 15.8. The van der Waals surface area contributed by atoms with Crippen molar-refractivity contribution in [1.29, 1.82) is 0 Å². The normalized spacial score (nSPS) is 14.8. The molecule has 0 saturated carbocycles. The Bertz CT molecular complexity index is 1190. The van der Waals surface area contributed by atoms with Gasteiger partial charge in [0, 0.05) is 11.1 Å². The molecule has 0 amide bonds. The first-order chi connectivity index (χ1) is 13.5. The first kappa shape index (κ1) is 18.3. The molecule has 0 saturated heterocycles. The van der Waals surface area contributed by atoms with Crippen LogP contribution in [0, 0.1) is 6.92 Å². The Morgan fingerprint density at radius 1 is 0.893 bits per heavy atom. The predicted octanol–water partition coefficient (Wildman–Crippen LogP) is 4.87. The lowest BCUT2D eigenvalue weighted by molar-refractivity contribution is 0.598. The lowest BCUT2D eigenvalue weighted by Crippen LogP contribution is -2.15. The molecule has 1 aliphatic rings. The fourth-order valence-electron chi connectivity index (χ4n) is 3.26. The summed E-state index contributed by atoms with van der Waals surface area (Å²) in [6, 6.07) is 22.1. The van der Waals surface area contributed by atoms with E-state index in [2.05, 4.69) is 11.3 Å². The molecule has 0 radical (unpaired) electrons. The summed E-state index contributed by atoms with van der Waals surface area (Å²) in [5.74, 6) is 0. The lowest BCUT2D eigenvalue weighted by Gasteiger charge is -2.07. The minimum atomic E-state index is -3.86. The first-order valence-electron chi connectivity index (χ1n) is 9.18. The van der Waals surface area contributed by atoms with Gasteiger partial charge in [-0.2, -0.15) is 12.8 Å². The Morgan fingerprint density at radius 3 is 2.29 bits per heavy atom. The molecule has 0 aromatic heterocycles. The second-order valence-corrected chi connectivity index (χ2v) is 8.33. The second kappa shape index (κ2) is 7.17. The van der Waals surface area contributed by atoms with Crippen molar-refractivity contribution in [2.24, 2.45) is 9.39 Å². The number of benzene rings is 3. The Hall–Kier alpha value is -3.05. The Balaban J connectivity index is 1.92. The smallest absolute Gasteiger partial charge is 0.245 e. The highest BCUT2D eigenvalue weighted by Gasteiger charge is 2.28. The molecule has 4 nitrogen and oxygen atoms in total. The molecule has 4 rings (SSSR count). The molecule has 0 fully saturated rings. The Labute approximate surface area is 165 Å². The molecule has 0 aliphatic carbocycles. The van der Waals surface area contributed by atoms with E-state index in [1.807, 2.05) is 55.5 Å². The van der Waals surface area contributed by atoms with Gasteiger partial charge in [0.15, 0.2) is 0 Å². The molecule has 0 spiro atoms. The second-order valence-electron chi connectivity index (χ2n) is 6.72. The number of hydrogen-bond acceptors (Lipinski definition) is 3. The van der Waals surface area contributed by atoms with Gasteiger partial charge in [0.2, 0.25) is 0 Å². The van der Waals surface area contributed by atoms with Crippen LogP contribution in [0.5, 0.6) is 0 Å². The van der Waals surface area contributed by atoms with Gasteiger partial charge in [0.25, 0.3) is 10.0 Å². The number of rotatable bonds is 4. The summed E-state index contributed by atoms with van der Waals surface area (Å²) in [6.45, 7) is 3.98. The Kier molecular flexibility index (Phi) is 4.69. The van der Waals surface area contributed by atoms with Crippen molar-refractivity contribution in [3.63, 3.8) is 0 Å². The maximum Gasteiger partial charge on any atom is 0.282 e. The molecular weight excluding hydrogens is 368 g/mol. The van der Waals surface area contributed by atoms with Crippen molar-refractivity contribution in [2.45, 2.75) is 25.2 Å². The number of fused-ring (bicyclic) bond motifs is 1. The van der Waals surface area contributed by atoms with Gasteiger partial charge >= 0.3 is 0 Å². The lowest BCUT2D eigenvalue weighted by atomic mass is 10.00. The van der Waals surface area contributed by atoms with Crippen LogP contribution in [-0.2, 0) is 16.4 Å². The molecule has 1 aliphatic heterocycles. The van der Waals surface area contributed by atoms with Crippen molar-refractivity contribution in [3.05, 3.63) is 95.1 Å². The molecule has 0 N–H and O–H groups in total. The van der Waals surface area contributed by atoms with Gasteiger partial charge in [-0.3, -0.25) is 0 Å². The van der Waals surface area contributed by atoms with Gasteiger partial charge in [-0.15, -0.1) is 0 Å². The van der Waals surface area contributed by atoms with Crippen LogP contribution in [0.25, 0.3) is 0 Å². The number of aryl methyl sites for hydroxylation is 2. The monoisotopic (exact) mass is 388 g/mol. The molecule has 0 atom stereocenters. The molecule has 0 unspecified atom stereocenters. The van der Waals surface area contributed by atoms with Crippen LogP contribution in [-0.4, -0.2) is 19.8 Å². The van der Waals surface area contributed by atoms with Crippen LogP contribution in [0.4, 0.5) is 5.69 Å². The molecule has 3 aromatic carbocycles. The zero-order valence-corrected chi connectivity index (χ0v) is 16.6. The third kappa shape index (κ3) is 3.29. The molecule has 5 heteroatoms. The fourth-order valence-corrected chi connectivity index (χ4v) is 4.28. The van der Waals surface area contributed by atoms with Crippen LogP contribution < -0.4 is 0 Å². The number of hydrogen-bond donors (Lipinski definition) is 0. The van der Waals surface area contributed by atoms with Crippen molar-refractivity contribution in [3.8, 4) is 0 Å². The summed E-state index contributed by atoms with van der Waals surface area (Å²) < 4.78 is 30.2. The van der Waals surface area contributed by atoms with Crippen molar-refractivity contribution < 1.29 is 8.42 Å². The predicted molar refractivity (Wildman–Crippen MR) is 113 cm³/mol. The van der Waals surface area contributed by atoms with E-state index in [1.165, 1.54) is 0 Å². The van der Waals surface area contributed by atoms with E-state index >= 15 is 0 Å². The van der Waals surface area contributed by atoms with Crippen molar-refractivity contribution in [2.75, 3.05) is 0 Å². The van der Waals surface area contributed by atoms with Crippen LogP contribution in [0.15, 0.2) is 87.1 Å². The summed E-state index contributed by atoms with van der Waals surface area (Å²) >= 11 is 0. The van der Waals surface area contributed by atoms with E-state index in [0.29, 0.717) is 11.4 Å². The summed E-state index contributed by atoms with van der Waals surface area (Å²) in [7, 11) is -3.86. The van der Waals surface area contributed by atoms with Crippen LogP contribution in [0.2, 0.25) is 0 Å². The van der Waals surface area contributed by atoms with Gasteiger partial charge in [-0.1, -0.05) is 73.2 Å². The molecule has 28 heavy (non-hydrogen) atoms. The third-order valence-corrected chi connectivity index (χ3v) is 6.07. The molecular formula is C23H20N2O2S.